The number of nitrogens with zero attached hydrogens (tertiary/aromatic N) is 2. The van der Waals surface area contributed by atoms with Crippen LogP contribution in [0.3, 0.4) is 0 Å². The predicted octanol–water partition coefficient (Wildman–Crippen LogP) is 1.11. The van der Waals surface area contributed by atoms with E-state index in [1.807, 2.05) is 19.9 Å². The van der Waals surface area contributed by atoms with E-state index in [1.54, 1.807) is 12.3 Å². The maximum absolute atomic E-state index is 11.9. The van der Waals surface area contributed by atoms with Gasteiger partial charge in [-0.25, -0.2) is 4.98 Å². The Labute approximate surface area is 143 Å². The number of anilines is 2. The van der Waals surface area contributed by atoms with Crippen molar-refractivity contribution in [3.8, 4) is 0 Å². The molecule has 0 unspecified atom stereocenters. The average molecular weight is 333 g/mol. The van der Waals surface area contributed by atoms with Crippen molar-refractivity contribution in [2.24, 2.45) is 11.7 Å². The number of rotatable bonds is 6. The highest BCUT2D eigenvalue weighted by atomic mass is 16.2. The Morgan fingerprint density at radius 3 is 2.54 bits per heavy atom. The third-order valence-electron chi connectivity index (χ3n) is 4.18. The molecule has 0 radical (unpaired) electrons. The molecule has 7 nitrogen and oxygen atoms in total. The van der Waals surface area contributed by atoms with Crippen LogP contribution in [-0.4, -0.2) is 42.5 Å². The number of hydrogen-bond donors (Lipinski definition) is 3. The number of pyridine rings is 1. The Hall–Kier alpha value is -2.15. The zero-order chi connectivity index (χ0) is 17.5. The first kappa shape index (κ1) is 18.2. The number of amides is 2. The zero-order valence-electron chi connectivity index (χ0n) is 14.4. The minimum atomic E-state index is -0.611. The highest BCUT2D eigenvalue weighted by Gasteiger charge is 2.17. The molecule has 1 atom stereocenters. The summed E-state index contributed by atoms with van der Waals surface area (Å²) in [4.78, 5) is 30.2. The normalized spacial score (nSPS) is 15.9. The number of piperidine rings is 1. The van der Waals surface area contributed by atoms with E-state index in [-0.39, 0.29) is 24.3 Å². The number of hydrogen-bond acceptors (Lipinski definition) is 5. The molecule has 1 saturated heterocycles. The Balaban J connectivity index is 1.80. The van der Waals surface area contributed by atoms with E-state index in [0.29, 0.717) is 5.82 Å². The molecule has 24 heavy (non-hydrogen) atoms. The van der Waals surface area contributed by atoms with E-state index >= 15 is 0 Å². The molecule has 1 aliphatic heterocycles. The molecule has 0 saturated carbocycles. The third kappa shape index (κ3) is 5.19. The van der Waals surface area contributed by atoms with Gasteiger partial charge in [0.1, 0.15) is 5.82 Å². The van der Waals surface area contributed by atoms with E-state index < -0.39 is 6.04 Å². The van der Waals surface area contributed by atoms with Crippen molar-refractivity contribution < 1.29 is 9.59 Å². The molecule has 0 aliphatic carbocycles. The molecule has 2 amide bonds. The van der Waals surface area contributed by atoms with E-state index in [1.165, 1.54) is 19.3 Å². The summed E-state index contributed by atoms with van der Waals surface area (Å²) in [5, 5.41) is 5.21. The van der Waals surface area contributed by atoms with Crippen LogP contribution in [-0.2, 0) is 9.59 Å². The highest BCUT2D eigenvalue weighted by molar-refractivity contribution is 5.94. The summed E-state index contributed by atoms with van der Waals surface area (Å²) < 4.78 is 0. The van der Waals surface area contributed by atoms with Gasteiger partial charge in [0.05, 0.1) is 24.5 Å². The van der Waals surface area contributed by atoms with Crippen molar-refractivity contribution in [2.45, 2.75) is 39.2 Å². The topological polar surface area (TPSA) is 100 Å². The van der Waals surface area contributed by atoms with Gasteiger partial charge in [-0.1, -0.05) is 13.8 Å². The summed E-state index contributed by atoms with van der Waals surface area (Å²) >= 11 is 0. The molecule has 7 heteroatoms. The Bertz CT molecular complexity index is 553. The first-order valence-corrected chi connectivity index (χ1v) is 8.51. The second-order valence-electron chi connectivity index (χ2n) is 6.49. The van der Waals surface area contributed by atoms with Crippen molar-refractivity contribution in [1.82, 2.24) is 10.3 Å². The van der Waals surface area contributed by atoms with E-state index in [2.05, 4.69) is 20.5 Å². The van der Waals surface area contributed by atoms with Crippen LogP contribution in [0, 0.1) is 5.92 Å². The quantitative estimate of drug-likeness (QED) is 0.724. The van der Waals surface area contributed by atoms with E-state index in [9.17, 15) is 9.59 Å². The molecule has 1 fully saturated rings. The lowest BCUT2D eigenvalue weighted by Crippen LogP contribution is -2.46. The summed E-state index contributed by atoms with van der Waals surface area (Å²) in [6.45, 7) is 5.70. The molecule has 0 bridgehead atoms. The van der Waals surface area contributed by atoms with Gasteiger partial charge in [-0.2, -0.15) is 0 Å². The number of carbonyl (C=O) groups is 2. The fraction of sp³-hybridized carbons (Fsp3) is 0.588. The van der Waals surface area contributed by atoms with Crippen molar-refractivity contribution >= 4 is 23.3 Å². The maximum atomic E-state index is 11.9. The van der Waals surface area contributed by atoms with Gasteiger partial charge in [-0.05, 0) is 37.3 Å². The zero-order valence-corrected chi connectivity index (χ0v) is 14.4. The van der Waals surface area contributed by atoms with Crippen LogP contribution < -0.4 is 21.3 Å². The molecule has 0 aromatic carbocycles. The first-order valence-electron chi connectivity index (χ1n) is 8.51. The maximum Gasteiger partial charge on any atom is 0.244 e. The molecule has 2 rings (SSSR count). The number of aromatic nitrogens is 1. The van der Waals surface area contributed by atoms with Crippen LogP contribution in [0.15, 0.2) is 18.3 Å². The fourth-order valence-corrected chi connectivity index (χ4v) is 2.57. The van der Waals surface area contributed by atoms with Crippen molar-refractivity contribution in [3.05, 3.63) is 18.3 Å². The molecular weight excluding hydrogens is 306 g/mol. The molecule has 132 valence electrons. The van der Waals surface area contributed by atoms with Crippen LogP contribution in [0.25, 0.3) is 0 Å². The van der Waals surface area contributed by atoms with Crippen LogP contribution >= 0.6 is 0 Å². The minimum absolute atomic E-state index is 0.0251. The number of carbonyl (C=O) groups excluding carboxylic acids is 2. The highest BCUT2D eigenvalue weighted by Crippen LogP contribution is 2.19. The molecule has 1 aliphatic rings. The summed E-state index contributed by atoms with van der Waals surface area (Å²) in [6.07, 6.45) is 5.46. The largest absolute Gasteiger partial charge is 0.370 e. The monoisotopic (exact) mass is 333 g/mol. The Morgan fingerprint density at radius 2 is 1.96 bits per heavy atom. The number of nitrogens with one attached hydrogen (secondary N) is 2. The molecule has 0 spiro atoms. The van der Waals surface area contributed by atoms with Gasteiger partial charge in [0.2, 0.25) is 11.8 Å². The van der Waals surface area contributed by atoms with Crippen molar-refractivity contribution in [1.29, 1.82) is 0 Å². The predicted molar refractivity (Wildman–Crippen MR) is 94.8 cm³/mol. The van der Waals surface area contributed by atoms with Crippen LogP contribution in [0.4, 0.5) is 11.5 Å². The third-order valence-corrected chi connectivity index (χ3v) is 4.18. The summed E-state index contributed by atoms with van der Waals surface area (Å²) in [5.74, 6) is -0.147. The second kappa shape index (κ2) is 8.63. The summed E-state index contributed by atoms with van der Waals surface area (Å²) in [7, 11) is 0. The fourth-order valence-electron chi connectivity index (χ4n) is 2.57. The van der Waals surface area contributed by atoms with Crippen LogP contribution in [0.1, 0.15) is 33.1 Å². The number of nitrogens with two attached hydrogens (primary N) is 1. The second-order valence-corrected chi connectivity index (χ2v) is 6.49. The van der Waals surface area contributed by atoms with Gasteiger partial charge in [-0.3, -0.25) is 9.59 Å². The standard InChI is InChI=1S/C17H27N5O2/c1-12(2)16(18)17(24)20-11-15(23)21-14-7-6-13(10-19-14)22-8-4-3-5-9-22/h6-7,10,12,16H,3-5,8-9,11,18H2,1-2H3,(H,20,24)(H,19,21,23)/t16-/m0/s1. The van der Waals surface area contributed by atoms with Gasteiger partial charge in [-0.15, -0.1) is 0 Å². The summed E-state index contributed by atoms with van der Waals surface area (Å²) in [5.41, 5.74) is 6.80. The van der Waals surface area contributed by atoms with Gasteiger partial charge in [0, 0.05) is 13.1 Å². The molecule has 1 aromatic heterocycles. The molecular formula is C17H27N5O2. The van der Waals surface area contributed by atoms with Gasteiger partial charge in [0.15, 0.2) is 0 Å². The van der Waals surface area contributed by atoms with Crippen LogP contribution in [0.5, 0.6) is 0 Å². The first-order chi connectivity index (χ1) is 11.5. The van der Waals surface area contributed by atoms with Crippen molar-refractivity contribution in [2.75, 3.05) is 29.9 Å². The van der Waals surface area contributed by atoms with Gasteiger partial charge < -0.3 is 21.3 Å². The smallest absolute Gasteiger partial charge is 0.244 e. The average Bonchev–Trinajstić information content (AvgIpc) is 2.60. The van der Waals surface area contributed by atoms with Crippen LogP contribution in [0.2, 0.25) is 0 Å². The molecule has 2 heterocycles. The van der Waals surface area contributed by atoms with Crippen molar-refractivity contribution in [3.63, 3.8) is 0 Å². The van der Waals surface area contributed by atoms with Gasteiger partial charge in [0.25, 0.3) is 0 Å². The van der Waals surface area contributed by atoms with E-state index in [0.717, 1.165) is 18.8 Å². The Morgan fingerprint density at radius 1 is 1.25 bits per heavy atom. The lowest BCUT2D eigenvalue weighted by Gasteiger charge is -2.28. The Kier molecular flexibility index (Phi) is 6.54. The lowest BCUT2D eigenvalue weighted by molar-refractivity contribution is -0.125. The van der Waals surface area contributed by atoms with Gasteiger partial charge >= 0.3 is 0 Å². The molecule has 4 N–H and O–H groups in total. The minimum Gasteiger partial charge on any atom is -0.370 e. The molecule has 1 aromatic rings. The lowest BCUT2D eigenvalue weighted by atomic mass is 10.1. The SMILES string of the molecule is CC(C)[C@H](N)C(=O)NCC(=O)Nc1ccc(N2CCCCC2)cn1. The summed E-state index contributed by atoms with van der Waals surface area (Å²) in [6, 6.07) is 3.13. The van der Waals surface area contributed by atoms with E-state index in [4.69, 9.17) is 5.73 Å².